The van der Waals surface area contributed by atoms with Crippen LogP contribution >= 0.6 is 34.4 Å². The molecule has 108 valence electrons. The number of aryl methyl sites for hydroxylation is 1. The van der Waals surface area contributed by atoms with E-state index in [9.17, 15) is 0 Å². The van der Waals surface area contributed by atoms with Crippen LogP contribution in [0.4, 0.5) is 0 Å². The van der Waals surface area contributed by atoms with Gasteiger partial charge in [-0.05, 0) is 53.5 Å². The highest BCUT2D eigenvalue weighted by molar-refractivity contribution is 14.1. The molecule has 3 nitrogen and oxygen atoms in total. The molecule has 1 N–H and O–H groups in total. The predicted octanol–water partition coefficient (Wildman–Crippen LogP) is 3.55. The summed E-state index contributed by atoms with van der Waals surface area (Å²) < 4.78 is 3.46. The molecule has 1 aromatic heterocycles. The predicted molar refractivity (Wildman–Crippen MR) is 95.3 cm³/mol. The summed E-state index contributed by atoms with van der Waals surface area (Å²) in [7, 11) is 0. The van der Waals surface area contributed by atoms with E-state index in [2.05, 4.69) is 74.9 Å². The van der Waals surface area contributed by atoms with E-state index >= 15 is 0 Å². The van der Waals surface area contributed by atoms with Gasteiger partial charge >= 0.3 is 0 Å². The first-order valence-corrected chi connectivity index (χ1v) is 9.22. The van der Waals surface area contributed by atoms with Crippen LogP contribution in [-0.4, -0.2) is 28.1 Å². The van der Waals surface area contributed by atoms with Gasteiger partial charge in [-0.15, -0.1) is 0 Å². The van der Waals surface area contributed by atoms with Gasteiger partial charge in [-0.3, -0.25) is 0 Å². The van der Waals surface area contributed by atoms with Crippen molar-refractivity contribution >= 4 is 34.4 Å². The van der Waals surface area contributed by atoms with Crippen LogP contribution < -0.4 is 5.32 Å². The van der Waals surface area contributed by atoms with Crippen LogP contribution in [-0.2, 0) is 6.54 Å². The van der Waals surface area contributed by atoms with Crippen LogP contribution in [0.5, 0.6) is 0 Å². The van der Waals surface area contributed by atoms with Crippen molar-refractivity contribution in [3.05, 3.63) is 51.6 Å². The van der Waals surface area contributed by atoms with Gasteiger partial charge in [0, 0.05) is 34.8 Å². The third-order valence-electron chi connectivity index (χ3n) is 3.20. The van der Waals surface area contributed by atoms with Crippen molar-refractivity contribution in [1.29, 1.82) is 0 Å². The Morgan fingerprint density at radius 3 is 2.75 bits per heavy atom. The van der Waals surface area contributed by atoms with Gasteiger partial charge in [0.05, 0.1) is 6.04 Å². The van der Waals surface area contributed by atoms with Crippen LogP contribution in [0.25, 0.3) is 0 Å². The zero-order valence-corrected chi connectivity index (χ0v) is 14.8. The SMILES string of the molecule is CCn1ccnc1C(NCCSC)c1ccc(I)cc1. The third-order valence-corrected chi connectivity index (χ3v) is 4.54. The molecule has 0 fully saturated rings. The van der Waals surface area contributed by atoms with E-state index in [1.807, 2.05) is 24.2 Å². The minimum atomic E-state index is 0.161. The van der Waals surface area contributed by atoms with E-state index in [-0.39, 0.29) is 6.04 Å². The Bertz CT molecular complexity index is 524. The van der Waals surface area contributed by atoms with E-state index < -0.39 is 0 Å². The standard InChI is InChI=1S/C15H20IN3S/c1-3-19-10-8-18-15(19)14(17-9-11-20-2)12-4-6-13(16)7-5-12/h4-8,10,14,17H,3,9,11H2,1-2H3. The van der Waals surface area contributed by atoms with Crippen LogP contribution in [0.1, 0.15) is 24.4 Å². The first-order chi connectivity index (χ1) is 9.76. The number of halogens is 1. The number of imidazole rings is 1. The van der Waals surface area contributed by atoms with Gasteiger partial charge in [0.15, 0.2) is 0 Å². The van der Waals surface area contributed by atoms with Crippen molar-refractivity contribution in [2.24, 2.45) is 0 Å². The number of benzene rings is 1. The molecule has 5 heteroatoms. The number of aromatic nitrogens is 2. The minimum absolute atomic E-state index is 0.161. The number of hydrogen-bond acceptors (Lipinski definition) is 3. The Labute approximate surface area is 138 Å². The fourth-order valence-corrected chi connectivity index (χ4v) is 2.85. The second-order valence-electron chi connectivity index (χ2n) is 4.50. The largest absolute Gasteiger partial charge is 0.334 e. The summed E-state index contributed by atoms with van der Waals surface area (Å²) in [5.41, 5.74) is 1.27. The minimum Gasteiger partial charge on any atom is -0.334 e. The molecule has 1 heterocycles. The molecule has 0 saturated carbocycles. The molecule has 2 aromatic rings. The molecule has 0 amide bonds. The van der Waals surface area contributed by atoms with Gasteiger partial charge in [-0.1, -0.05) is 12.1 Å². The Morgan fingerprint density at radius 2 is 2.10 bits per heavy atom. The zero-order chi connectivity index (χ0) is 14.4. The highest BCUT2D eigenvalue weighted by Gasteiger charge is 2.18. The molecule has 1 atom stereocenters. The molecule has 0 aliphatic rings. The second kappa shape index (κ2) is 8.05. The summed E-state index contributed by atoms with van der Waals surface area (Å²) in [4.78, 5) is 4.56. The third kappa shape index (κ3) is 3.99. The zero-order valence-electron chi connectivity index (χ0n) is 11.8. The first kappa shape index (κ1) is 15.9. The summed E-state index contributed by atoms with van der Waals surface area (Å²) >= 11 is 4.20. The Balaban J connectivity index is 2.26. The molecule has 0 aliphatic carbocycles. The molecule has 20 heavy (non-hydrogen) atoms. The maximum atomic E-state index is 4.56. The van der Waals surface area contributed by atoms with Crippen LogP contribution in [0.2, 0.25) is 0 Å². The van der Waals surface area contributed by atoms with Crippen LogP contribution in [0.3, 0.4) is 0 Å². The van der Waals surface area contributed by atoms with Crippen molar-refractivity contribution in [1.82, 2.24) is 14.9 Å². The van der Waals surface area contributed by atoms with Gasteiger partial charge in [0.25, 0.3) is 0 Å². The van der Waals surface area contributed by atoms with Gasteiger partial charge in [-0.25, -0.2) is 4.98 Å². The van der Waals surface area contributed by atoms with Crippen molar-refractivity contribution in [3.8, 4) is 0 Å². The number of rotatable bonds is 7. The topological polar surface area (TPSA) is 29.9 Å². The average molecular weight is 401 g/mol. The van der Waals surface area contributed by atoms with Crippen LogP contribution in [0, 0.1) is 3.57 Å². The second-order valence-corrected chi connectivity index (χ2v) is 6.73. The molecule has 0 spiro atoms. The molecule has 2 rings (SSSR count). The smallest absolute Gasteiger partial charge is 0.130 e. The van der Waals surface area contributed by atoms with Gasteiger partial charge in [0.2, 0.25) is 0 Å². The van der Waals surface area contributed by atoms with Gasteiger partial charge < -0.3 is 9.88 Å². The van der Waals surface area contributed by atoms with E-state index in [0.717, 1.165) is 24.7 Å². The fourth-order valence-electron chi connectivity index (χ4n) is 2.17. The Kier molecular flexibility index (Phi) is 6.38. The van der Waals surface area contributed by atoms with Crippen molar-refractivity contribution < 1.29 is 0 Å². The first-order valence-electron chi connectivity index (χ1n) is 6.75. The quantitative estimate of drug-likeness (QED) is 0.569. The van der Waals surface area contributed by atoms with E-state index in [4.69, 9.17) is 0 Å². The van der Waals surface area contributed by atoms with Crippen LogP contribution in [0.15, 0.2) is 36.7 Å². The lowest BCUT2D eigenvalue weighted by Crippen LogP contribution is -2.27. The van der Waals surface area contributed by atoms with E-state index in [1.54, 1.807) is 0 Å². The maximum absolute atomic E-state index is 4.56. The highest BCUT2D eigenvalue weighted by atomic mass is 127. The lowest BCUT2D eigenvalue weighted by molar-refractivity contribution is 0.561. The normalized spacial score (nSPS) is 12.6. The summed E-state index contributed by atoms with van der Waals surface area (Å²) in [5, 5.41) is 3.63. The van der Waals surface area contributed by atoms with E-state index in [1.165, 1.54) is 9.13 Å². The number of nitrogens with one attached hydrogen (secondary N) is 1. The highest BCUT2D eigenvalue weighted by Crippen LogP contribution is 2.22. The Morgan fingerprint density at radius 1 is 1.35 bits per heavy atom. The van der Waals surface area contributed by atoms with Crippen molar-refractivity contribution in [2.75, 3.05) is 18.6 Å². The van der Waals surface area contributed by atoms with E-state index in [0.29, 0.717) is 0 Å². The number of nitrogens with zero attached hydrogens (tertiary/aromatic N) is 2. The summed E-state index contributed by atoms with van der Waals surface area (Å²) in [6, 6.07) is 8.84. The van der Waals surface area contributed by atoms with Gasteiger partial charge in [0.1, 0.15) is 5.82 Å². The summed E-state index contributed by atoms with van der Waals surface area (Å²) in [6.07, 6.45) is 6.06. The number of thioether (sulfide) groups is 1. The molecule has 1 aromatic carbocycles. The molecule has 1 unspecified atom stereocenters. The van der Waals surface area contributed by atoms with Crippen molar-refractivity contribution in [3.63, 3.8) is 0 Å². The summed E-state index contributed by atoms with van der Waals surface area (Å²) in [6.45, 7) is 4.08. The Hall–Kier alpha value is -0.530. The summed E-state index contributed by atoms with van der Waals surface area (Å²) in [5.74, 6) is 2.20. The number of hydrogen-bond donors (Lipinski definition) is 1. The average Bonchev–Trinajstić information content (AvgIpc) is 2.93. The molecular weight excluding hydrogens is 381 g/mol. The lowest BCUT2D eigenvalue weighted by atomic mass is 10.1. The lowest BCUT2D eigenvalue weighted by Gasteiger charge is -2.20. The molecule has 0 radical (unpaired) electrons. The van der Waals surface area contributed by atoms with Crippen molar-refractivity contribution in [2.45, 2.75) is 19.5 Å². The molecule has 0 bridgehead atoms. The fraction of sp³-hybridized carbons (Fsp3) is 0.400. The maximum Gasteiger partial charge on any atom is 0.130 e. The molecule has 0 aliphatic heterocycles. The monoisotopic (exact) mass is 401 g/mol. The molecule has 0 saturated heterocycles. The molecular formula is C15H20IN3S. The van der Waals surface area contributed by atoms with Gasteiger partial charge in [-0.2, -0.15) is 11.8 Å².